The number of amides is 1. The number of likely N-dealkylation sites (tertiary alicyclic amines) is 1. The summed E-state index contributed by atoms with van der Waals surface area (Å²) in [4.78, 5) is 16.7. The van der Waals surface area contributed by atoms with Crippen LogP contribution in [0.5, 0.6) is 5.75 Å². The Morgan fingerprint density at radius 1 is 1.21 bits per heavy atom. The molecule has 1 fully saturated rings. The van der Waals surface area contributed by atoms with Gasteiger partial charge in [0.25, 0.3) is 5.91 Å². The molecule has 0 bridgehead atoms. The van der Waals surface area contributed by atoms with Crippen molar-refractivity contribution in [1.82, 2.24) is 24.6 Å². The Hall–Kier alpha value is -2.48. The molecule has 2 aromatic rings. The first-order chi connectivity index (χ1) is 13.6. The number of aromatic nitrogens is 3. The van der Waals surface area contributed by atoms with Crippen LogP contribution in [0.15, 0.2) is 24.3 Å². The molecule has 28 heavy (non-hydrogen) atoms. The SMILES string of the molecule is CN1CCC[C@H](c2nnc3n2CCN(C(=O)COc2ccccc2F)CC3)C1. The molecule has 150 valence electrons. The maximum atomic E-state index is 13.7. The van der Waals surface area contributed by atoms with Gasteiger partial charge in [-0.2, -0.15) is 0 Å². The lowest BCUT2D eigenvalue weighted by Crippen LogP contribution is -2.37. The molecule has 0 N–H and O–H groups in total. The third-order valence-electron chi connectivity index (χ3n) is 5.58. The van der Waals surface area contributed by atoms with E-state index in [0.29, 0.717) is 32.0 Å². The molecule has 1 amide bonds. The lowest BCUT2D eigenvalue weighted by Gasteiger charge is -2.29. The Morgan fingerprint density at radius 3 is 2.89 bits per heavy atom. The first-order valence-electron chi connectivity index (χ1n) is 9.87. The Balaban J connectivity index is 1.38. The number of halogens is 1. The van der Waals surface area contributed by atoms with Crippen molar-refractivity contribution in [2.24, 2.45) is 0 Å². The minimum absolute atomic E-state index is 0.103. The van der Waals surface area contributed by atoms with Crippen molar-refractivity contribution >= 4 is 5.91 Å². The highest BCUT2D eigenvalue weighted by Crippen LogP contribution is 2.26. The van der Waals surface area contributed by atoms with Crippen LogP contribution in [-0.4, -0.2) is 70.3 Å². The van der Waals surface area contributed by atoms with E-state index in [1.807, 2.05) is 0 Å². The summed E-state index contributed by atoms with van der Waals surface area (Å²) in [6.07, 6.45) is 2.96. The maximum Gasteiger partial charge on any atom is 0.260 e. The van der Waals surface area contributed by atoms with Crippen LogP contribution in [0.1, 0.15) is 30.4 Å². The van der Waals surface area contributed by atoms with Gasteiger partial charge in [-0.25, -0.2) is 4.39 Å². The zero-order valence-electron chi connectivity index (χ0n) is 16.2. The van der Waals surface area contributed by atoms with Crippen molar-refractivity contribution in [3.63, 3.8) is 0 Å². The van der Waals surface area contributed by atoms with Gasteiger partial charge in [0.15, 0.2) is 18.2 Å². The standard InChI is InChI=1S/C20H26FN5O2/c1-24-9-4-5-15(13-24)20-23-22-18-8-10-25(11-12-26(18)20)19(27)14-28-17-7-3-2-6-16(17)21/h2-3,6-7,15H,4-5,8-14H2,1H3/t15-/m0/s1. The van der Waals surface area contributed by atoms with Crippen LogP contribution >= 0.6 is 0 Å². The van der Waals surface area contributed by atoms with Gasteiger partial charge in [0.05, 0.1) is 0 Å². The molecule has 7 nitrogen and oxygen atoms in total. The van der Waals surface area contributed by atoms with Crippen molar-refractivity contribution in [2.45, 2.75) is 31.7 Å². The normalized spacial score (nSPS) is 20.5. The number of nitrogens with zero attached hydrogens (tertiary/aromatic N) is 5. The summed E-state index contributed by atoms with van der Waals surface area (Å²) in [5.74, 6) is 1.88. The van der Waals surface area contributed by atoms with Crippen LogP contribution < -0.4 is 4.74 Å². The number of benzene rings is 1. The van der Waals surface area contributed by atoms with Gasteiger partial charge in [-0.3, -0.25) is 4.79 Å². The second-order valence-electron chi connectivity index (χ2n) is 7.58. The number of para-hydroxylation sites is 1. The van der Waals surface area contributed by atoms with Crippen LogP contribution in [0.25, 0.3) is 0 Å². The van der Waals surface area contributed by atoms with Gasteiger partial charge in [0, 0.05) is 38.5 Å². The van der Waals surface area contributed by atoms with Crippen molar-refractivity contribution in [1.29, 1.82) is 0 Å². The van der Waals surface area contributed by atoms with Gasteiger partial charge in [0.1, 0.15) is 11.6 Å². The number of carbonyl (C=O) groups excluding carboxylic acids is 1. The summed E-state index contributed by atoms with van der Waals surface area (Å²) in [5.41, 5.74) is 0. The third-order valence-corrected chi connectivity index (χ3v) is 5.58. The number of hydrogen-bond acceptors (Lipinski definition) is 5. The first kappa shape index (κ1) is 18.9. The lowest BCUT2D eigenvalue weighted by molar-refractivity contribution is -0.133. The second-order valence-corrected chi connectivity index (χ2v) is 7.58. The van der Waals surface area contributed by atoms with Gasteiger partial charge in [0.2, 0.25) is 0 Å². The first-order valence-corrected chi connectivity index (χ1v) is 9.87. The van der Waals surface area contributed by atoms with Crippen LogP contribution in [0, 0.1) is 5.82 Å². The lowest BCUT2D eigenvalue weighted by atomic mass is 9.97. The number of carbonyl (C=O) groups is 1. The summed E-state index contributed by atoms with van der Waals surface area (Å²) in [6, 6.07) is 6.13. The molecular formula is C20H26FN5O2. The Labute approximate surface area is 164 Å². The Bertz CT molecular complexity index is 840. The van der Waals surface area contributed by atoms with Crippen LogP contribution in [0.2, 0.25) is 0 Å². The molecule has 1 aromatic heterocycles. The molecule has 2 aliphatic heterocycles. The fourth-order valence-electron chi connectivity index (χ4n) is 4.07. The topological polar surface area (TPSA) is 63.5 Å². The monoisotopic (exact) mass is 387 g/mol. The fraction of sp³-hybridized carbons (Fsp3) is 0.550. The van der Waals surface area contributed by atoms with Crippen LogP contribution in [-0.2, 0) is 17.8 Å². The van der Waals surface area contributed by atoms with Gasteiger partial charge in [-0.05, 0) is 38.6 Å². The zero-order valence-corrected chi connectivity index (χ0v) is 16.2. The summed E-state index contributed by atoms with van der Waals surface area (Å²) in [5, 5.41) is 8.86. The molecule has 0 saturated carbocycles. The highest BCUT2D eigenvalue weighted by Gasteiger charge is 2.28. The molecule has 0 aliphatic carbocycles. The van der Waals surface area contributed by atoms with Crippen molar-refractivity contribution in [3.8, 4) is 5.75 Å². The van der Waals surface area contributed by atoms with Gasteiger partial charge < -0.3 is 19.1 Å². The largest absolute Gasteiger partial charge is 0.481 e. The molecule has 3 heterocycles. The van der Waals surface area contributed by atoms with E-state index in [4.69, 9.17) is 4.74 Å². The zero-order chi connectivity index (χ0) is 19.5. The van der Waals surface area contributed by atoms with Gasteiger partial charge >= 0.3 is 0 Å². The van der Waals surface area contributed by atoms with E-state index >= 15 is 0 Å². The minimum atomic E-state index is -0.459. The molecular weight excluding hydrogens is 361 g/mol. The van der Waals surface area contributed by atoms with Crippen LogP contribution in [0.3, 0.4) is 0 Å². The van der Waals surface area contributed by atoms with E-state index in [-0.39, 0.29) is 18.3 Å². The van der Waals surface area contributed by atoms with E-state index in [0.717, 1.165) is 31.2 Å². The average molecular weight is 387 g/mol. The predicted octanol–water partition coefficient (Wildman–Crippen LogP) is 1.69. The molecule has 0 radical (unpaired) electrons. The number of rotatable bonds is 4. The minimum Gasteiger partial charge on any atom is -0.481 e. The molecule has 4 rings (SSSR count). The maximum absolute atomic E-state index is 13.7. The number of hydrogen-bond donors (Lipinski definition) is 0. The highest BCUT2D eigenvalue weighted by atomic mass is 19.1. The van der Waals surface area contributed by atoms with Crippen molar-refractivity contribution < 1.29 is 13.9 Å². The van der Waals surface area contributed by atoms with Gasteiger partial charge in [-0.15, -0.1) is 10.2 Å². The Kier molecular flexibility index (Phi) is 5.57. The highest BCUT2D eigenvalue weighted by molar-refractivity contribution is 5.77. The summed E-state index contributed by atoms with van der Waals surface area (Å²) >= 11 is 0. The summed E-state index contributed by atoms with van der Waals surface area (Å²) in [6.45, 7) is 3.80. The molecule has 0 spiro atoms. The van der Waals surface area contributed by atoms with E-state index in [1.54, 1.807) is 17.0 Å². The number of likely N-dealkylation sites (N-methyl/N-ethyl adjacent to an activating group) is 1. The molecule has 2 aliphatic rings. The number of ether oxygens (including phenoxy) is 1. The van der Waals surface area contributed by atoms with E-state index in [9.17, 15) is 9.18 Å². The molecule has 1 aromatic carbocycles. The molecule has 8 heteroatoms. The third kappa shape index (κ3) is 4.01. The van der Waals surface area contributed by atoms with E-state index in [1.165, 1.54) is 18.6 Å². The van der Waals surface area contributed by atoms with E-state index in [2.05, 4.69) is 26.7 Å². The van der Waals surface area contributed by atoms with Crippen molar-refractivity contribution in [3.05, 3.63) is 41.7 Å². The van der Waals surface area contributed by atoms with Gasteiger partial charge in [-0.1, -0.05) is 12.1 Å². The summed E-state index contributed by atoms with van der Waals surface area (Å²) < 4.78 is 21.2. The molecule has 0 unspecified atom stereocenters. The smallest absolute Gasteiger partial charge is 0.260 e. The second kappa shape index (κ2) is 8.26. The number of piperidine rings is 1. The quantitative estimate of drug-likeness (QED) is 0.799. The van der Waals surface area contributed by atoms with E-state index < -0.39 is 5.82 Å². The summed E-state index contributed by atoms with van der Waals surface area (Å²) in [7, 11) is 2.14. The number of fused-ring (bicyclic) bond motifs is 1. The van der Waals surface area contributed by atoms with Crippen LogP contribution in [0.4, 0.5) is 4.39 Å². The van der Waals surface area contributed by atoms with Crippen molar-refractivity contribution in [2.75, 3.05) is 39.8 Å². The molecule has 1 saturated heterocycles. The predicted molar refractivity (Wildman–Crippen MR) is 102 cm³/mol. The average Bonchev–Trinajstić information content (AvgIpc) is 2.98. The molecule has 1 atom stereocenters. The fourth-order valence-corrected chi connectivity index (χ4v) is 4.07. The Morgan fingerprint density at radius 2 is 2.07 bits per heavy atom.